The quantitative estimate of drug-likeness (QED) is 0.873. The molecule has 1 fully saturated rings. The minimum Gasteiger partial charge on any atom is -0.396 e. The number of urea groups is 1. The Morgan fingerprint density at radius 3 is 3.09 bits per heavy atom. The first-order valence-corrected chi connectivity index (χ1v) is 7.93. The number of likely N-dealkylation sites (tertiary alicyclic amines) is 1. The monoisotopic (exact) mass is 326 g/mol. The number of piperidine rings is 1. The molecule has 1 aliphatic heterocycles. The van der Waals surface area contributed by atoms with Crippen molar-refractivity contribution in [2.24, 2.45) is 5.92 Å². The molecule has 2 amide bonds. The van der Waals surface area contributed by atoms with Gasteiger partial charge < -0.3 is 20.1 Å². The van der Waals surface area contributed by atoms with Crippen LogP contribution in [0, 0.1) is 5.92 Å². The summed E-state index contributed by atoms with van der Waals surface area (Å²) in [6, 6.07) is 7.32. The third-order valence-electron chi connectivity index (χ3n) is 4.01. The number of nitrogens with zero attached hydrogens (tertiary/aromatic N) is 1. The van der Waals surface area contributed by atoms with E-state index in [1.54, 1.807) is 18.1 Å². The Morgan fingerprint density at radius 2 is 2.41 bits per heavy atom. The Balaban J connectivity index is 1.88. The molecule has 0 spiro atoms. The molecular weight excluding hydrogens is 304 g/mol. The number of hydrogen-bond donors (Lipinski definition) is 2. The second kappa shape index (κ2) is 8.36. The Hall–Kier alpha value is -1.30. The van der Waals surface area contributed by atoms with Crippen LogP contribution in [0.2, 0.25) is 5.02 Å². The van der Waals surface area contributed by atoms with Crippen LogP contribution in [0.3, 0.4) is 0 Å². The van der Waals surface area contributed by atoms with Gasteiger partial charge in [0, 0.05) is 38.4 Å². The molecule has 0 unspecified atom stereocenters. The van der Waals surface area contributed by atoms with Gasteiger partial charge in [0.15, 0.2) is 0 Å². The molecule has 1 saturated heterocycles. The number of ether oxygens (including phenoxy) is 1. The summed E-state index contributed by atoms with van der Waals surface area (Å²) < 4.78 is 5.44. The summed E-state index contributed by atoms with van der Waals surface area (Å²) in [4.78, 5) is 14.0. The lowest BCUT2D eigenvalue weighted by atomic mass is 9.99. The summed E-state index contributed by atoms with van der Waals surface area (Å²) in [6.45, 7) is 1.86. The number of aliphatic hydroxyl groups is 1. The van der Waals surface area contributed by atoms with Crippen LogP contribution in [-0.2, 0) is 4.74 Å². The molecule has 1 aromatic carbocycles. The van der Waals surface area contributed by atoms with Crippen molar-refractivity contribution < 1.29 is 14.6 Å². The molecule has 2 N–H and O–H groups in total. The van der Waals surface area contributed by atoms with Gasteiger partial charge >= 0.3 is 6.03 Å². The number of carbonyl (C=O) groups excluding carboxylic acids is 1. The van der Waals surface area contributed by atoms with Crippen LogP contribution in [0.15, 0.2) is 24.3 Å². The summed E-state index contributed by atoms with van der Waals surface area (Å²) in [5.74, 6) is 0.186. The molecule has 1 aliphatic rings. The minimum absolute atomic E-state index is 0.109. The van der Waals surface area contributed by atoms with E-state index in [9.17, 15) is 9.90 Å². The molecule has 22 heavy (non-hydrogen) atoms. The highest BCUT2D eigenvalue weighted by atomic mass is 35.5. The minimum atomic E-state index is -0.235. The summed E-state index contributed by atoms with van der Waals surface area (Å²) in [6.07, 6.45) is 1.67. The zero-order valence-electron chi connectivity index (χ0n) is 12.8. The molecule has 5 nitrogen and oxygen atoms in total. The number of methoxy groups -OCH3 is 1. The first-order valence-electron chi connectivity index (χ1n) is 7.56. The van der Waals surface area contributed by atoms with E-state index in [4.69, 9.17) is 16.3 Å². The third kappa shape index (κ3) is 4.60. The van der Waals surface area contributed by atoms with E-state index in [0.717, 1.165) is 24.9 Å². The van der Waals surface area contributed by atoms with Gasteiger partial charge in [-0.15, -0.1) is 0 Å². The van der Waals surface area contributed by atoms with Crippen molar-refractivity contribution in [2.75, 3.05) is 33.4 Å². The maximum Gasteiger partial charge on any atom is 0.317 e. The van der Waals surface area contributed by atoms with Gasteiger partial charge in [0.2, 0.25) is 0 Å². The first-order chi connectivity index (χ1) is 10.6. The normalized spacial score (nSPS) is 19.8. The van der Waals surface area contributed by atoms with Crippen molar-refractivity contribution in [1.82, 2.24) is 10.2 Å². The molecular formula is C16H23ClN2O3. The smallest absolute Gasteiger partial charge is 0.317 e. The lowest BCUT2D eigenvalue weighted by molar-refractivity contribution is 0.0965. The van der Waals surface area contributed by atoms with E-state index in [1.807, 2.05) is 18.2 Å². The largest absolute Gasteiger partial charge is 0.396 e. The highest BCUT2D eigenvalue weighted by molar-refractivity contribution is 6.30. The van der Waals surface area contributed by atoms with E-state index in [-0.39, 0.29) is 24.7 Å². The Bertz CT molecular complexity index is 498. The van der Waals surface area contributed by atoms with Crippen LogP contribution < -0.4 is 5.32 Å². The standard InChI is InChI=1S/C16H23ClN2O3/c1-22-15(13-5-2-6-14(17)8-13)9-18-16(21)19-7-3-4-12(10-19)11-20/h2,5-6,8,12,15,20H,3-4,7,9-11H2,1H3,(H,18,21)/t12-,15-/m1/s1. The second-order valence-electron chi connectivity index (χ2n) is 5.60. The van der Waals surface area contributed by atoms with Gasteiger partial charge in [-0.1, -0.05) is 23.7 Å². The number of aliphatic hydroxyl groups excluding tert-OH is 1. The molecule has 2 rings (SSSR count). The molecule has 0 aromatic heterocycles. The molecule has 122 valence electrons. The summed E-state index contributed by atoms with van der Waals surface area (Å²) in [7, 11) is 1.61. The summed E-state index contributed by atoms with van der Waals surface area (Å²) >= 11 is 5.99. The lowest BCUT2D eigenvalue weighted by Crippen LogP contribution is -2.47. The van der Waals surface area contributed by atoms with Crippen molar-refractivity contribution in [3.63, 3.8) is 0 Å². The van der Waals surface area contributed by atoms with Gasteiger partial charge in [-0.05, 0) is 36.5 Å². The Labute approximate surface area is 136 Å². The molecule has 0 bridgehead atoms. The molecule has 1 aromatic rings. The predicted octanol–water partition coefficient (Wildman–Crippen LogP) is 2.44. The van der Waals surface area contributed by atoms with Gasteiger partial charge in [0.05, 0.1) is 6.10 Å². The zero-order valence-corrected chi connectivity index (χ0v) is 13.6. The summed E-state index contributed by atoms with van der Waals surface area (Å²) in [5, 5.41) is 12.8. The number of rotatable bonds is 5. The van der Waals surface area contributed by atoms with Crippen molar-refractivity contribution in [3.8, 4) is 0 Å². The van der Waals surface area contributed by atoms with Crippen LogP contribution in [-0.4, -0.2) is 49.4 Å². The molecule has 1 heterocycles. The van der Waals surface area contributed by atoms with E-state index in [2.05, 4.69) is 5.32 Å². The van der Waals surface area contributed by atoms with Crippen LogP contribution >= 0.6 is 11.6 Å². The van der Waals surface area contributed by atoms with Crippen molar-refractivity contribution in [2.45, 2.75) is 18.9 Å². The zero-order chi connectivity index (χ0) is 15.9. The van der Waals surface area contributed by atoms with Crippen LogP contribution in [0.4, 0.5) is 4.79 Å². The average molecular weight is 327 g/mol. The number of hydrogen-bond acceptors (Lipinski definition) is 3. The van der Waals surface area contributed by atoms with E-state index >= 15 is 0 Å². The van der Waals surface area contributed by atoms with Crippen molar-refractivity contribution in [1.29, 1.82) is 0 Å². The van der Waals surface area contributed by atoms with Crippen LogP contribution in [0.25, 0.3) is 0 Å². The van der Waals surface area contributed by atoms with Gasteiger partial charge in [-0.3, -0.25) is 0 Å². The SMILES string of the molecule is CO[C@H](CNC(=O)N1CCC[C@@H](CO)C1)c1cccc(Cl)c1. The van der Waals surface area contributed by atoms with Gasteiger partial charge in [-0.25, -0.2) is 4.79 Å². The molecule has 6 heteroatoms. The van der Waals surface area contributed by atoms with Crippen molar-refractivity contribution in [3.05, 3.63) is 34.9 Å². The van der Waals surface area contributed by atoms with Crippen LogP contribution in [0.5, 0.6) is 0 Å². The highest BCUT2D eigenvalue weighted by Crippen LogP contribution is 2.20. The van der Waals surface area contributed by atoms with E-state index < -0.39 is 0 Å². The van der Waals surface area contributed by atoms with Gasteiger partial charge in [-0.2, -0.15) is 0 Å². The first kappa shape index (κ1) is 17.1. The average Bonchev–Trinajstić information content (AvgIpc) is 2.55. The van der Waals surface area contributed by atoms with Crippen LogP contribution in [0.1, 0.15) is 24.5 Å². The summed E-state index contributed by atoms with van der Waals surface area (Å²) in [5.41, 5.74) is 0.933. The Morgan fingerprint density at radius 1 is 1.59 bits per heavy atom. The highest BCUT2D eigenvalue weighted by Gasteiger charge is 2.23. The number of amides is 2. The predicted molar refractivity (Wildman–Crippen MR) is 86.0 cm³/mol. The molecule has 0 aliphatic carbocycles. The number of nitrogens with one attached hydrogen (secondary N) is 1. The van der Waals surface area contributed by atoms with Crippen molar-refractivity contribution >= 4 is 17.6 Å². The Kier molecular flexibility index (Phi) is 6.49. The fraction of sp³-hybridized carbons (Fsp3) is 0.562. The lowest BCUT2D eigenvalue weighted by Gasteiger charge is -2.32. The number of halogens is 1. The number of benzene rings is 1. The second-order valence-corrected chi connectivity index (χ2v) is 6.04. The topological polar surface area (TPSA) is 61.8 Å². The van der Waals surface area contributed by atoms with E-state index in [1.165, 1.54) is 0 Å². The number of carbonyl (C=O) groups is 1. The maximum absolute atomic E-state index is 12.2. The third-order valence-corrected chi connectivity index (χ3v) is 4.24. The van der Waals surface area contributed by atoms with Gasteiger partial charge in [0.25, 0.3) is 0 Å². The van der Waals surface area contributed by atoms with E-state index in [0.29, 0.717) is 18.1 Å². The molecule has 2 atom stereocenters. The molecule has 0 radical (unpaired) electrons. The maximum atomic E-state index is 12.2. The molecule has 0 saturated carbocycles. The van der Waals surface area contributed by atoms with Gasteiger partial charge in [0.1, 0.15) is 0 Å². The fourth-order valence-electron chi connectivity index (χ4n) is 2.73. The fourth-order valence-corrected chi connectivity index (χ4v) is 2.93.